The number of likely N-dealkylation sites (tertiary alicyclic amines) is 1. The number of hydrogen-bond acceptors (Lipinski definition) is 2. The molecule has 6 heteroatoms. The van der Waals surface area contributed by atoms with Crippen molar-refractivity contribution in [2.45, 2.75) is 51.0 Å². The Morgan fingerprint density at radius 1 is 1.00 bits per heavy atom. The van der Waals surface area contributed by atoms with Gasteiger partial charge in [0.1, 0.15) is 5.82 Å². The largest absolute Gasteiger partial charge is 0.353 e. The molecule has 1 saturated heterocycles. The zero-order chi connectivity index (χ0) is 18.4. The monoisotopic (exact) mass is 362 g/mol. The van der Waals surface area contributed by atoms with E-state index in [1.807, 2.05) is 0 Å². The molecule has 1 heterocycles. The third kappa shape index (κ3) is 5.53. The summed E-state index contributed by atoms with van der Waals surface area (Å²) in [5, 5.41) is 6.03. The van der Waals surface area contributed by atoms with Crippen LogP contribution in [0.4, 0.5) is 10.1 Å². The molecular weight excluding hydrogens is 333 g/mol. The Morgan fingerprint density at radius 3 is 2.31 bits per heavy atom. The van der Waals surface area contributed by atoms with Crippen LogP contribution >= 0.6 is 0 Å². The average Bonchev–Trinajstić information content (AvgIpc) is 2.66. The fourth-order valence-corrected chi connectivity index (χ4v) is 4.00. The number of carbonyl (C=O) groups excluding carboxylic acids is 2. The molecule has 3 rings (SSSR count). The van der Waals surface area contributed by atoms with Crippen LogP contribution in [0.25, 0.3) is 0 Å². The fourth-order valence-electron chi connectivity index (χ4n) is 4.00. The van der Waals surface area contributed by atoms with Crippen molar-refractivity contribution in [3.05, 3.63) is 30.1 Å². The number of hydrogen-bond donors (Lipinski definition) is 3. The van der Waals surface area contributed by atoms with Crippen molar-refractivity contribution in [2.24, 2.45) is 5.92 Å². The second kappa shape index (κ2) is 9.12. The Kier molecular flexibility index (Phi) is 6.61. The predicted molar refractivity (Wildman–Crippen MR) is 98.3 cm³/mol. The number of carbonyl (C=O) groups is 2. The maximum atomic E-state index is 12.9. The number of halogens is 1. The van der Waals surface area contributed by atoms with Crippen LogP contribution in [0.2, 0.25) is 0 Å². The number of nitrogens with one attached hydrogen (secondary N) is 3. The molecule has 0 spiro atoms. The van der Waals surface area contributed by atoms with Gasteiger partial charge in [-0.2, -0.15) is 0 Å². The molecule has 0 aromatic heterocycles. The molecule has 142 valence electrons. The number of rotatable bonds is 5. The third-order valence-electron chi connectivity index (χ3n) is 5.55. The zero-order valence-electron chi connectivity index (χ0n) is 15.2. The first-order valence-corrected chi connectivity index (χ1v) is 9.79. The molecule has 3 N–H and O–H groups in total. The van der Waals surface area contributed by atoms with Crippen molar-refractivity contribution in [1.29, 1.82) is 0 Å². The predicted octanol–water partition coefficient (Wildman–Crippen LogP) is 1.51. The standard InChI is InChI=1S/C20H28FN3O2/c21-16-6-8-17(9-7-16)22-19(25)14-24-12-10-18(11-13-24)23-20(26)15-4-2-1-3-5-15/h6-9,15,18H,1-5,10-14H2,(H,22,25)(H,23,26)/p+1. The van der Waals surface area contributed by atoms with E-state index in [1.54, 1.807) is 12.1 Å². The molecule has 5 nitrogen and oxygen atoms in total. The van der Waals surface area contributed by atoms with Gasteiger partial charge in [0, 0.05) is 30.5 Å². The molecule has 0 unspecified atom stereocenters. The van der Waals surface area contributed by atoms with Gasteiger partial charge in [0.25, 0.3) is 5.91 Å². The highest BCUT2D eigenvalue weighted by Gasteiger charge is 2.28. The lowest BCUT2D eigenvalue weighted by molar-refractivity contribution is -0.897. The first-order valence-electron chi connectivity index (χ1n) is 9.79. The summed E-state index contributed by atoms with van der Waals surface area (Å²) in [6.07, 6.45) is 7.48. The summed E-state index contributed by atoms with van der Waals surface area (Å²) in [6.45, 7) is 2.17. The minimum absolute atomic E-state index is 0.0590. The molecule has 0 radical (unpaired) electrons. The van der Waals surface area contributed by atoms with Crippen LogP contribution in [0.5, 0.6) is 0 Å². The van der Waals surface area contributed by atoms with Gasteiger partial charge < -0.3 is 15.5 Å². The summed E-state index contributed by atoms with van der Waals surface area (Å²) < 4.78 is 12.9. The van der Waals surface area contributed by atoms with Gasteiger partial charge >= 0.3 is 0 Å². The Hall–Kier alpha value is -1.95. The van der Waals surface area contributed by atoms with E-state index in [9.17, 15) is 14.0 Å². The first-order chi connectivity index (χ1) is 12.6. The summed E-state index contributed by atoms with van der Waals surface area (Å²) in [7, 11) is 0. The van der Waals surface area contributed by atoms with E-state index in [4.69, 9.17) is 0 Å². The van der Waals surface area contributed by atoms with Crippen LogP contribution in [0.3, 0.4) is 0 Å². The number of anilines is 1. The highest BCUT2D eigenvalue weighted by Crippen LogP contribution is 2.24. The Bertz CT molecular complexity index is 606. The third-order valence-corrected chi connectivity index (χ3v) is 5.55. The van der Waals surface area contributed by atoms with Gasteiger partial charge in [-0.15, -0.1) is 0 Å². The van der Waals surface area contributed by atoms with Crippen molar-refractivity contribution in [2.75, 3.05) is 25.0 Å². The topological polar surface area (TPSA) is 62.6 Å². The number of piperidine rings is 1. The van der Waals surface area contributed by atoms with Gasteiger partial charge in [-0.25, -0.2) is 4.39 Å². The fraction of sp³-hybridized carbons (Fsp3) is 0.600. The van der Waals surface area contributed by atoms with E-state index in [-0.39, 0.29) is 29.6 Å². The second-order valence-electron chi connectivity index (χ2n) is 7.60. The molecule has 1 aromatic rings. The summed E-state index contributed by atoms with van der Waals surface area (Å²) in [4.78, 5) is 25.7. The molecule has 1 saturated carbocycles. The van der Waals surface area contributed by atoms with Crippen LogP contribution < -0.4 is 15.5 Å². The molecule has 2 amide bonds. The van der Waals surface area contributed by atoms with Crippen molar-refractivity contribution in [3.63, 3.8) is 0 Å². The molecule has 0 atom stereocenters. The Labute approximate surface area is 154 Å². The SMILES string of the molecule is O=C(C[NH+]1CCC(NC(=O)C2CCCCC2)CC1)Nc1ccc(F)cc1. The van der Waals surface area contributed by atoms with Crippen LogP contribution in [0.15, 0.2) is 24.3 Å². The lowest BCUT2D eigenvalue weighted by Crippen LogP contribution is -3.14. The van der Waals surface area contributed by atoms with Gasteiger partial charge in [0.2, 0.25) is 5.91 Å². The van der Waals surface area contributed by atoms with E-state index >= 15 is 0 Å². The summed E-state index contributed by atoms with van der Waals surface area (Å²) in [5.41, 5.74) is 0.616. The quantitative estimate of drug-likeness (QED) is 0.744. The van der Waals surface area contributed by atoms with E-state index < -0.39 is 0 Å². The van der Waals surface area contributed by atoms with Gasteiger partial charge in [0.15, 0.2) is 6.54 Å². The minimum atomic E-state index is -0.314. The van der Waals surface area contributed by atoms with Gasteiger partial charge in [-0.05, 0) is 37.1 Å². The van der Waals surface area contributed by atoms with E-state index in [1.165, 1.54) is 36.3 Å². The van der Waals surface area contributed by atoms with E-state index in [0.29, 0.717) is 12.2 Å². The first kappa shape index (κ1) is 18.8. The maximum Gasteiger partial charge on any atom is 0.279 e. The van der Waals surface area contributed by atoms with Gasteiger partial charge in [0.05, 0.1) is 13.1 Å². The molecule has 1 aliphatic carbocycles. The van der Waals surface area contributed by atoms with Crippen molar-refractivity contribution >= 4 is 17.5 Å². The van der Waals surface area contributed by atoms with Crippen molar-refractivity contribution in [1.82, 2.24) is 5.32 Å². The summed E-state index contributed by atoms with van der Waals surface area (Å²) >= 11 is 0. The molecule has 2 aliphatic rings. The van der Waals surface area contributed by atoms with Crippen LogP contribution in [0, 0.1) is 11.7 Å². The molecule has 0 bridgehead atoms. The molecule has 2 fully saturated rings. The number of quaternary nitrogens is 1. The highest BCUT2D eigenvalue weighted by atomic mass is 19.1. The maximum absolute atomic E-state index is 12.9. The van der Waals surface area contributed by atoms with Gasteiger partial charge in [-0.1, -0.05) is 19.3 Å². The molecular formula is C20H29FN3O2+. The molecule has 1 aliphatic heterocycles. The molecule has 26 heavy (non-hydrogen) atoms. The normalized spacial score (nSPS) is 24.0. The zero-order valence-corrected chi connectivity index (χ0v) is 15.2. The second-order valence-corrected chi connectivity index (χ2v) is 7.60. The van der Waals surface area contributed by atoms with Crippen LogP contribution in [0.1, 0.15) is 44.9 Å². The average molecular weight is 362 g/mol. The highest BCUT2D eigenvalue weighted by molar-refractivity contribution is 5.91. The lowest BCUT2D eigenvalue weighted by Gasteiger charge is -2.31. The molecule has 1 aromatic carbocycles. The summed E-state index contributed by atoms with van der Waals surface area (Å²) in [5.74, 6) is 0.0603. The summed E-state index contributed by atoms with van der Waals surface area (Å²) in [6, 6.07) is 6.05. The van der Waals surface area contributed by atoms with Crippen LogP contribution in [-0.4, -0.2) is 37.5 Å². The van der Waals surface area contributed by atoms with Crippen LogP contribution in [-0.2, 0) is 9.59 Å². The number of amides is 2. The van der Waals surface area contributed by atoms with Crippen molar-refractivity contribution in [3.8, 4) is 0 Å². The Morgan fingerprint density at radius 2 is 1.65 bits per heavy atom. The smallest absolute Gasteiger partial charge is 0.279 e. The lowest BCUT2D eigenvalue weighted by atomic mass is 9.88. The van der Waals surface area contributed by atoms with E-state index in [0.717, 1.165) is 38.8 Å². The van der Waals surface area contributed by atoms with Crippen molar-refractivity contribution < 1.29 is 18.9 Å². The Balaban J connectivity index is 1.37. The minimum Gasteiger partial charge on any atom is -0.353 e. The number of benzene rings is 1. The van der Waals surface area contributed by atoms with Gasteiger partial charge in [-0.3, -0.25) is 9.59 Å². The van der Waals surface area contributed by atoms with E-state index in [2.05, 4.69) is 10.6 Å².